The van der Waals surface area contributed by atoms with E-state index in [1.54, 1.807) is 13.8 Å². The van der Waals surface area contributed by atoms with Gasteiger partial charge in [-0.05, 0) is 54.4 Å². The summed E-state index contributed by atoms with van der Waals surface area (Å²) >= 11 is 0. The first kappa shape index (κ1) is 38.2. The third kappa shape index (κ3) is 13.6. The lowest BCUT2D eigenvalue weighted by Crippen LogP contribution is -2.40. The Morgan fingerprint density at radius 1 is 0.762 bits per heavy atom. The maximum absolute atomic E-state index is 13.2. The van der Waals surface area contributed by atoms with Crippen LogP contribution in [0.15, 0.2) is 0 Å². The molecule has 42 heavy (non-hydrogen) atoms. The van der Waals surface area contributed by atoms with E-state index in [1.165, 1.54) is 6.66 Å². The summed E-state index contributed by atoms with van der Waals surface area (Å²) in [5.74, 6) is 0. The summed E-state index contributed by atoms with van der Waals surface area (Å²) in [6.07, 6.45) is 0.0720. The van der Waals surface area contributed by atoms with Crippen LogP contribution in [0.25, 0.3) is 0 Å². The number of nitrogens with one attached hydrogen (secondary N) is 2. The number of ether oxygens (including phenoxy) is 1. The Morgan fingerprint density at radius 2 is 1.21 bits per heavy atom. The van der Waals surface area contributed by atoms with E-state index < -0.39 is 21.7 Å². The van der Waals surface area contributed by atoms with Gasteiger partial charge in [0.25, 0.3) is 0 Å². The highest BCUT2D eigenvalue weighted by Crippen LogP contribution is 2.48. The topological polar surface area (TPSA) is 131 Å². The van der Waals surface area contributed by atoms with Gasteiger partial charge in [-0.1, -0.05) is 27.7 Å². The van der Waals surface area contributed by atoms with E-state index in [1.807, 2.05) is 0 Å². The molecule has 7 atom stereocenters. The molecule has 2 heterocycles. The summed E-state index contributed by atoms with van der Waals surface area (Å²) in [6.45, 7) is 23.5. The molecule has 250 valence electrons. The van der Waals surface area contributed by atoms with Crippen molar-refractivity contribution in [1.29, 1.82) is 0 Å². The van der Waals surface area contributed by atoms with Crippen molar-refractivity contribution in [3.8, 4) is 0 Å². The van der Waals surface area contributed by atoms with E-state index in [-0.39, 0.29) is 50.1 Å². The fourth-order valence-electron chi connectivity index (χ4n) is 5.87. The fraction of sp³-hybridized carbons (Fsp3) is 1.00. The van der Waals surface area contributed by atoms with Crippen molar-refractivity contribution in [2.75, 3.05) is 39.6 Å². The minimum absolute atomic E-state index is 0.0350. The van der Waals surface area contributed by atoms with Gasteiger partial charge >= 0.3 is 15.4 Å². The Kier molecular flexibility index (Phi) is 15.6. The van der Waals surface area contributed by atoms with Gasteiger partial charge in [0, 0.05) is 68.1 Å². The quantitative estimate of drug-likeness (QED) is 0.136. The van der Waals surface area contributed by atoms with Gasteiger partial charge in [-0.3, -0.25) is 23.4 Å². The predicted molar refractivity (Wildman–Crippen MR) is 167 cm³/mol. The van der Waals surface area contributed by atoms with Gasteiger partial charge in [-0.2, -0.15) is 0 Å². The summed E-state index contributed by atoms with van der Waals surface area (Å²) in [7, 11) is -8.03. The third-order valence-electron chi connectivity index (χ3n) is 7.43. The number of hydrogen-bond acceptors (Lipinski definition) is 11. The minimum atomic E-state index is -4.51. The molecule has 0 aliphatic carbocycles. The Labute approximate surface area is 255 Å². The fourth-order valence-corrected chi connectivity index (χ4v) is 7.61. The van der Waals surface area contributed by atoms with Crippen LogP contribution in [-0.4, -0.2) is 115 Å². The highest BCUT2D eigenvalue weighted by molar-refractivity contribution is 7.53. The number of nitrogens with zero attached hydrogens (tertiary/aromatic N) is 2. The highest BCUT2D eigenvalue weighted by Gasteiger charge is 2.38. The zero-order valence-corrected chi connectivity index (χ0v) is 29.6. The van der Waals surface area contributed by atoms with E-state index >= 15 is 0 Å². The third-order valence-corrected chi connectivity index (χ3v) is 9.64. The van der Waals surface area contributed by atoms with Crippen LogP contribution < -0.4 is 10.6 Å². The van der Waals surface area contributed by atoms with E-state index in [2.05, 4.69) is 75.8 Å². The maximum Gasteiger partial charge on any atom is 0.474 e. The lowest BCUT2D eigenvalue weighted by Gasteiger charge is -2.30. The molecule has 0 bridgehead atoms. The Morgan fingerprint density at radius 3 is 1.62 bits per heavy atom. The van der Waals surface area contributed by atoms with Crippen LogP contribution in [0.2, 0.25) is 0 Å². The van der Waals surface area contributed by atoms with Gasteiger partial charge in [0.2, 0.25) is 0 Å². The number of likely N-dealkylation sites (tertiary alicyclic amines) is 2. The molecule has 14 heteroatoms. The average Bonchev–Trinajstić information content (AvgIpc) is 3.43. The van der Waals surface area contributed by atoms with Crippen LogP contribution >= 0.6 is 15.4 Å². The lowest BCUT2D eigenvalue weighted by molar-refractivity contribution is -0.138. The number of hydrogen-bond donors (Lipinski definition) is 3. The molecule has 0 saturated carbocycles. The molecule has 0 aromatic carbocycles. The molecule has 2 aliphatic heterocycles. The van der Waals surface area contributed by atoms with Gasteiger partial charge in [-0.25, -0.2) is 4.57 Å². The summed E-state index contributed by atoms with van der Waals surface area (Å²) in [5, 5.41) is 7.12. The second-order valence-electron chi connectivity index (χ2n) is 13.2. The minimum Gasteiger partial charge on any atom is -0.347 e. The molecule has 0 spiro atoms. The molecule has 0 aromatic rings. The lowest BCUT2D eigenvalue weighted by atomic mass is 10.1. The normalized spacial score (nSPS) is 28.0. The van der Waals surface area contributed by atoms with Gasteiger partial charge in [0.05, 0.1) is 19.3 Å². The van der Waals surface area contributed by atoms with E-state index in [9.17, 15) is 14.0 Å². The molecule has 0 aromatic heterocycles. The second kappa shape index (κ2) is 17.1. The van der Waals surface area contributed by atoms with E-state index in [4.69, 9.17) is 22.8 Å². The van der Waals surface area contributed by atoms with Crippen LogP contribution in [0.3, 0.4) is 0 Å². The molecule has 2 saturated heterocycles. The highest BCUT2D eigenvalue weighted by atomic mass is 31.2. The maximum atomic E-state index is 13.2. The smallest absolute Gasteiger partial charge is 0.347 e. The standard InChI is InChI=1S/C28H60N4O8P2/c1-19(2)29-24-12-26(31(14-24)21(5)6)16-36-41(11,33)37-18-28(39-23(9)10)40-42(34,35)38-17-27-13-25(30-20(3)4)15-32(27)22(7)8/h19-30H,12-18H2,1-11H3,(H,34,35)/t24-,25+,26+,27-,28?,41?/m1/s1. The van der Waals surface area contributed by atoms with Crippen molar-refractivity contribution < 1.29 is 36.9 Å². The molecular weight excluding hydrogens is 582 g/mol. The molecular formula is C28H60N4O8P2. The zero-order chi connectivity index (χ0) is 31.8. The molecule has 2 fully saturated rings. The van der Waals surface area contributed by atoms with Crippen LogP contribution in [0.1, 0.15) is 82.1 Å². The average molecular weight is 643 g/mol. The van der Waals surface area contributed by atoms with Gasteiger partial charge in [0.15, 0.2) is 6.29 Å². The molecule has 0 radical (unpaired) electrons. The SMILES string of the molecule is CC(C)N[C@@H]1C[C@@H](COP(C)(=O)OCC(OC(C)C)OP(=O)(O)OC[C@H]2C[C@H](NC(C)C)CN2C(C)C)N(C(C)C)C1. The summed E-state index contributed by atoms with van der Waals surface area (Å²) in [5.41, 5.74) is 0. The molecule has 12 nitrogen and oxygen atoms in total. The first-order chi connectivity index (χ1) is 19.4. The Hall–Kier alpha value is 0.0600. The van der Waals surface area contributed by atoms with Crippen LogP contribution in [0.4, 0.5) is 0 Å². The predicted octanol–water partition coefficient (Wildman–Crippen LogP) is 4.43. The zero-order valence-electron chi connectivity index (χ0n) is 27.8. The van der Waals surface area contributed by atoms with Crippen molar-refractivity contribution in [2.24, 2.45) is 0 Å². The van der Waals surface area contributed by atoms with Crippen LogP contribution in [0.5, 0.6) is 0 Å². The monoisotopic (exact) mass is 642 g/mol. The van der Waals surface area contributed by atoms with Gasteiger partial charge in [-0.15, -0.1) is 0 Å². The van der Waals surface area contributed by atoms with Crippen molar-refractivity contribution in [3.05, 3.63) is 0 Å². The van der Waals surface area contributed by atoms with Crippen molar-refractivity contribution >= 4 is 15.4 Å². The molecule has 3 N–H and O–H groups in total. The Balaban J connectivity index is 1.93. The van der Waals surface area contributed by atoms with Crippen molar-refractivity contribution in [2.45, 2.75) is 143 Å². The van der Waals surface area contributed by atoms with Gasteiger partial charge in [0.1, 0.15) is 6.61 Å². The first-order valence-electron chi connectivity index (χ1n) is 15.6. The molecule has 2 rings (SSSR count). The summed E-state index contributed by atoms with van der Waals surface area (Å²) in [4.78, 5) is 15.2. The molecule has 2 aliphatic rings. The summed E-state index contributed by atoms with van der Waals surface area (Å²) < 4.78 is 54.1. The van der Waals surface area contributed by atoms with Crippen LogP contribution in [0, 0.1) is 0 Å². The first-order valence-corrected chi connectivity index (χ1v) is 19.1. The largest absolute Gasteiger partial charge is 0.474 e. The number of rotatable bonds is 19. The van der Waals surface area contributed by atoms with Crippen LogP contribution in [-0.2, 0) is 32.0 Å². The van der Waals surface area contributed by atoms with Crippen molar-refractivity contribution in [1.82, 2.24) is 20.4 Å². The van der Waals surface area contributed by atoms with Crippen molar-refractivity contribution in [3.63, 3.8) is 0 Å². The Bertz CT molecular complexity index is 894. The molecule has 3 unspecified atom stereocenters. The van der Waals surface area contributed by atoms with Gasteiger partial charge < -0.3 is 29.3 Å². The number of phosphoric ester groups is 1. The van der Waals surface area contributed by atoms with E-state index in [0.29, 0.717) is 24.2 Å². The molecule has 0 amide bonds. The second-order valence-corrected chi connectivity index (χ2v) is 16.7. The summed E-state index contributed by atoms with van der Waals surface area (Å²) in [6, 6.07) is 1.97. The van der Waals surface area contributed by atoms with E-state index in [0.717, 1.165) is 25.9 Å². The number of phosphoric acid groups is 1.